The molecule has 5 nitrogen and oxygen atoms in total. The van der Waals surface area contributed by atoms with E-state index in [1.165, 1.54) is 16.3 Å². The van der Waals surface area contributed by atoms with Crippen LogP contribution in [0.4, 0.5) is 17.2 Å². The lowest BCUT2D eigenvalue weighted by molar-refractivity contribution is 0.591. The standard InChI is InChI=1S/C44H32N4O/c1-44(2,3)27-23-34-32-13-7-14-33-37-16-8-15-36(45-37)26-10-6-11-28(22-26)48(29-20-21-31-30-12-4-5-18-39(30)49-40(31)25-29)41-19-9-17-38(46-41)35(24-27)43(34)47-42(32)33/h4-25,47H,1-3H3. The number of fused-ring (bicyclic) bond motifs is 13. The number of H-pyrrole nitrogens is 1. The van der Waals surface area contributed by atoms with Gasteiger partial charge >= 0.3 is 0 Å². The predicted molar refractivity (Wildman–Crippen MR) is 202 cm³/mol. The third-order valence-corrected chi connectivity index (χ3v) is 9.89. The van der Waals surface area contributed by atoms with Crippen molar-refractivity contribution in [1.29, 1.82) is 0 Å². The monoisotopic (exact) mass is 632 g/mol. The molecule has 1 aliphatic heterocycles. The zero-order chi connectivity index (χ0) is 32.9. The molecule has 49 heavy (non-hydrogen) atoms. The van der Waals surface area contributed by atoms with Gasteiger partial charge in [0.05, 0.1) is 33.8 Å². The molecule has 1 aliphatic rings. The predicted octanol–water partition coefficient (Wildman–Crippen LogP) is 12.1. The van der Waals surface area contributed by atoms with Gasteiger partial charge in [-0.05, 0) is 77.7 Å². The van der Waals surface area contributed by atoms with Gasteiger partial charge in [0, 0.05) is 50.0 Å². The normalized spacial score (nSPS) is 12.8. The maximum absolute atomic E-state index is 6.37. The zero-order valence-electron chi connectivity index (χ0n) is 27.5. The molecule has 5 heterocycles. The fourth-order valence-electron chi connectivity index (χ4n) is 7.39. The zero-order valence-corrected chi connectivity index (χ0v) is 27.5. The Balaban J connectivity index is 1.30. The minimum Gasteiger partial charge on any atom is -0.456 e. The molecule has 0 fully saturated rings. The number of rotatable bonds is 1. The van der Waals surface area contributed by atoms with E-state index in [1.54, 1.807) is 0 Å². The van der Waals surface area contributed by atoms with Gasteiger partial charge in [0.2, 0.25) is 0 Å². The van der Waals surface area contributed by atoms with Crippen LogP contribution in [0.1, 0.15) is 26.3 Å². The Kier molecular flexibility index (Phi) is 5.77. The van der Waals surface area contributed by atoms with E-state index in [2.05, 4.69) is 152 Å². The summed E-state index contributed by atoms with van der Waals surface area (Å²) in [4.78, 5) is 16.8. The lowest BCUT2D eigenvalue weighted by atomic mass is 9.84. The van der Waals surface area contributed by atoms with E-state index in [4.69, 9.17) is 14.4 Å². The van der Waals surface area contributed by atoms with Crippen molar-refractivity contribution in [1.82, 2.24) is 15.0 Å². The number of aromatic amines is 1. The molecule has 8 bridgehead atoms. The van der Waals surface area contributed by atoms with Crippen LogP contribution in [0.15, 0.2) is 138 Å². The molecule has 10 rings (SSSR count). The first kappa shape index (κ1) is 27.9. The second-order valence-electron chi connectivity index (χ2n) is 14.0. The molecule has 0 saturated heterocycles. The number of hydrogen-bond donors (Lipinski definition) is 1. The van der Waals surface area contributed by atoms with Crippen molar-refractivity contribution in [2.75, 3.05) is 4.90 Å². The molecule has 0 atom stereocenters. The van der Waals surface area contributed by atoms with Crippen LogP contribution in [0.2, 0.25) is 0 Å². The Hall–Kier alpha value is -6.20. The van der Waals surface area contributed by atoms with Gasteiger partial charge in [-0.3, -0.25) is 4.90 Å². The van der Waals surface area contributed by atoms with Crippen LogP contribution in [0.25, 0.3) is 77.5 Å². The van der Waals surface area contributed by atoms with Gasteiger partial charge in [-0.2, -0.15) is 0 Å². The molecule has 0 saturated carbocycles. The number of anilines is 3. The second-order valence-corrected chi connectivity index (χ2v) is 14.0. The Labute approximate surface area is 283 Å². The molecule has 5 aromatic carbocycles. The average molecular weight is 633 g/mol. The molecule has 5 heteroatoms. The third-order valence-electron chi connectivity index (χ3n) is 9.89. The van der Waals surface area contributed by atoms with Gasteiger partial charge in [0.25, 0.3) is 0 Å². The van der Waals surface area contributed by atoms with Crippen molar-refractivity contribution in [2.45, 2.75) is 26.2 Å². The van der Waals surface area contributed by atoms with Crippen LogP contribution < -0.4 is 4.90 Å². The molecule has 1 N–H and O–H groups in total. The van der Waals surface area contributed by atoms with Crippen molar-refractivity contribution < 1.29 is 4.42 Å². The minimum absolute atomic E-state index is 0.0626. The highest BCUT2D eigenvalue weighted by Gasteiger charge is 2.23. The van der Waals surface area contributed by atoms with E-state index in [0.717, 1.165) is 83.9 Å². The van der Waals surface area contributed by atoms with Crippen molar-refractivity contribution in [2.24, 2.45) is 0 Å². The van der Waals surface area contributed by atoms with Crippen LogP contribution in [-0.2, 0) is 5.41 Å². The smallest absolute Gasteiger partial charge is 0.138 e. The number of hydrogen-bond acceptors (Lipinski definition) is 4. The minimum atomic E-state index is -0.0626. The topological polar surface area (TPSA) is 58.0 Å². The van der Waals surface area contributed by atoms with Gasteiger partial charge in [-0.15, -0.1) is 0 Å². The fourth-order valence-corrected chi connectivity index (χ4v) is 7.39. The summed E-state index contributed by atoms with van der Waals surface area (Å²) in [5.41, 5.74) is 12.9. The highest BCUT2D eigenvalue weighted by molar-refractivity contribution is 6.15. The van der Waals surface area contributed by atoms with Crippen LogP contribution in [0, 0.1) is 0 Å². The lowest BCUT2D eigenvalue weighted by Gasteiger charge is -2.25. The Bertz CT molecular complexity index is 2780. The van der Waals surface area contributed by atoms with Crippen LogP contribution in [0.5, 0.6) is 0 Å². The Morgan fingerprint density at radius 1 is 0.531 bits per heavy atom. The molecule has 0 amide bonds. The van der Waals surface area contributed by atoms with E-state index in [-0.39, 0.29) is 5.41 Å². The number of nitrogens with zero attached hydrogens (tertiary/aromatic N) is 3. The van der Waals surface area contributed by atoms with Crippen molar-refractivity contribution in [3.63, 3.8) is 0 Å². The maximum atomic E-state index is 6.37. The SMILES string of the molecule is CC(C)(C)c1cc2c3[nH]c4c(cccc4c3c1)-c1cccc(n1)-c1cccc(c1)N(c1ccc3c(c1)oc1ccccc13)c1cccc-2n1. The molecule has 0 unspecified atom stereocenters. The van der Waals surface area contributed by atoms with E-state index >= 15 is 0 Å². The molecule has 234 valence electrons. The highest BCUT2D eigenvalue weighted by atomic mass is 16.3. The highest BCUT2D eigenvalue weighted by Crippen LogP contribution is 2.43. The van der Waals surface area contributed by atoms with Crippen LogP contribution >= 0.6 is 0 Å². The van der Waals surface area contributed by atoms with Gasteiger partial charge in [0.15, 0.2) is 0 Å². The van der Waals surface area contributed by atoms with Crippen LogP contribution in [0.3, 0.4) is 0 Å². The molecular weight excluding hydrogens is 601 g/mol. The quantitative estimate of drug-likeness (QED) is 0.196. The third kappa shape index (κ3) is 4.32. The number of nitrogens with one attached hydrogen (secondary N) is 1. The molecule has 0 radical (unpaired) electrons. The van der Waals surface area contributed by atoms with E-state index in [0.29, 0.717) is 0 Å². The number of para-hydroxylation sites is 2. The number of pyridine rings is 2. The van der Waals surface area contributed by atoms with Crippen molar-refractivity contribution in [3.05, 3.63) is 139 Å². The van der Waals surface area contributed by atoms with Gasteiger partial charge < -0.3 is 9.40 Å². The number of furan rings is 1. The van der Waals surface area contributed by atoms with Gasteiger partial charge in [-0.25, -0.2) is 9.97 Å². The summed E-state index contributed by atoms with van der Waals surface area (Å²) in [7, 11) is 0. The first-order valence-corrected chi connectivity index (χ1v) is 16.7. The molecular formula is C44H32N4O. The van der Waals surface area contributed by atoms with E-state index in [9.17, 15) is 0 Å². The summed E-state index contributed by atoms with van der Waals surface area (Å²) in [5, 5.41) is 4.57. The summed E-state index contributed by atoms with van der Waals surface area (Å²) in [5.74, 6) is 0.813. The van der Waals surface area contributed by atoms with E-state index in [1.807, 2.05) is 12.1 Å². The first-order valence-electron chi connectivity index (χ1n) is 16.7. The number of aromatic nitrogens is 3. The lowest BCUT2D eigenvalue weighted by Crippen LogP contribution is -2.12. The van der Waals surface area contributed by atoms with Crippen molar-refractivity contribution in [3.8, 4) is 33.8 Å². The molecule has 0 aliphatic carbocycles. The second kappa shape index (κ2) is 10.1. The van der Waals surface area contributed by atoms with Crippen LogP contribution in [-0.4, -0.2) is 15.0 Å². The fraction of sp³-hybridized carbons (Fsp3) is 0.0909. The van der Waals surface area contributed by atoms with E-state index < -0.39 is 0 Å². The summed E-state index contributed by atoms with van der Waals surface area (Å²) < 4.78 is 6.37. The maximum Gasteiger partial charge on any atom is 0.138 e. The molecule has 4 aromatic heterocycles. The largest absolute Gasteiger partial charge is 0.456 e. The molecule has 9 aromatic rings. The Morgan fingerprint density at radius 3 is 2.14 bits per heavy atom. The van der Waals surface area contributed by atoms with Gasteiger partial charge in [0.1, 0.15) is 17.0 Å². The summed E-state index contributed by atoms with van der Waals surface area (Å²) in [6, 6.07) is 47.0. The summed E-state index contributed by atoms with van der Waals surface area (Å²) >= 11 is 0. The Morgan fingerprint density at radius 2 is 1.24 bits per heavy atom. The molecule has 0 spiro atoms. The number of benzene rings is 5. The first-order chi connectivity index (χ1) is 23.9. The summed E-state index contributed by atoms with van der Waals surface area (Å²) in [6.45, 7) is 6.81. The van der Waals surface area contributed by atoms with Gasteiger partial charge in [-0.1, -0.05) is 81.4 Å². The summed E-state index contributed by atoms with van der Waals surface area (Å²) in [6.07, 6.45) is 0. The average Bonchev–Trinajstić information content (AvgIpc) is 3.69. The van der Waals surface area contributed by atoms with Crippen molar-refractivity contribution >= 4 is 60.9 Å².